The highest BCUT2D eigenvalue weighted by Crippen LogP contribution is 2.02. The number of likely N-dealkylation sites (N-methyl/N-ethyl adjacent to an activating group) is 1. The quantitative estimate of drug-likeness (QED) is 0.276. The Morgan fingerprint density at radius 1 is 1.65 bits per heavy atom. The molecule has 0 saturated carbocycles. The van der Waals surface area contributed by atoms with Gasteiger partial charge < -0.3 is 14.5 Å². The van der Waals surface area contributed by atoms with Crippen LogP contribution < -0.4 is 11.3 Å². The van der Waals surface area contributed by atoms with Gasteiger partial charge in [0.1, 0.15) is 0 Å². The fourth-order valence-corrected chi connectivity index (χ4v) is 1.64. The Kier molecular flexibility index (Phi) is 5.17. The monoisotopic (exact) mass is 243 g/mol. The number of nitrogens with two attached hydrogens (primary N) is 1. The number of hydrazine groups is 1. The molecule has 1 aliphatic heterocycles. The Labute approximate surface area is 102 Å². The van der Waals surface area contributed by atoms with Gasteiger partial charge in [-0.3, -0.25) is 10.2 Å². The second-order valence-electron chi connectivity index (χ2n) is 4.14. The van der Waals surface area contributed by atoms with Crippen molar-refractivity contribution in [2.75, 3.05) is 40.4 Å². The van der Waals surface area contributed by atoms with E-state index in [2.05, 4.69) is 10.4 Å². The number of nitrogens with one attached hydrogen (secondary N) is 1. The van der Waals surface area contributed by atoms with E-state index in [1.54, 1.807) is 19.1 Å². The topological polar surface area (TPSA) is 83.2 Å². The molecular formula is C10H21N5O2. The van der Waals surface area contributed by atoms with E-state index in [9.17, 15) is 4.79 Å². The first-order valence-corrected chi connectivity index (χ1v) is 5.60. The number of amides is 1. The van der Waals surface area contributed by atoms with Crippen LogP contribution in [0.5, 0.6) is 0 Å². The summed E-state index contributed by atoms with van der Waals surface area (Å²) in [7, 11) is 3.42. The average Bonchev–Trinajstić information content (AvgIpc) is 2.30. The number of piperazine rings is 1. The summed E-state index contributed by atoms with van der Waals surface area (Å²) < 4.78 is 5.01. The zero-order valence-corrected chi connectivity index (χ0v) is 10.6. The van der Waals surface area contributed by atoms with Gasteiger partial charge in [0.05, 0.1) is 19.2 Å². The van der Waals surface area contributed by atoms with Crippen molar-refractivity contribution in [2.45, 2.75) is 13.0 Å². The van der Waals surface area contributed by atoms with Gasteiger partial charge in [-0.2, -0.15) is 0 Å². The Morgan fingerprint density at radius 2 is 2.35 bits per heavy atom. The maximum absolute atomic E-state index is 11.6. The lowest BCUT2D eigenvalue weighted by Crippen LogP contribution is -2.55. The van der Waals surface area contributed by atoms with Crippen molar-refractivity contribution < 1.29 is 9.53 Å². The van der Waals surface area contributed by atoms with Gasteiger partial charge in [-0.25, -0.2) is 10.8 Å². The van der Waals surface area contributed by atoms with Crippen molar-refractivity contribution in [1.82, 2.24) is 15.2 Å². The predicted octanol–water partition coefficient (Wildman–Crippen LogP) is -1.39. The number of hydrogen-bond donors (Lipinski definition) is 2. The number of hydrogen-bond acceptors (Lipinski definition) is 4. The Hall–Kier alpha value is -1.34. The Morgan fingerprint density at radius 3 is 2.88 bits per heavy atom. The molecule has 1 amide bonds. The van der Waals surface area contributed by atoms with E-state index in [0.717, 1.165) is 6.54 Å². The smallest absolute Gasteiger partial charge is 0.242 e. The number of carbonyl (C=O) groups is 1. The highest BCUT2D eigenvalue weighted by Gasteiger charge is 2.23. The highest BCUT2D eigenvalue weighted by molar-refractivity contribution is 5.87. The number of nitrogens with zero attached hydrogens (tertiary/aromatic N) is 3. The van der Waals surface area contributed by atoms with Gasteiger partial charge in [0.25, 0.3) is 0 Å². The number of aliphatic imine (C=N–C) groups is 1. The predicted molar refractivity (Wildman–Crippen MR) is 65.3 cm³/mol. The maximum Gasteiger partial charge on any atom is 0.242 e. The van der Waals surface area contributed by atoms with E-state index in [4.69, 9.17) is 10.6 Å². The maximum atomic E-state index is 11.6. The van der Waals surface area contributed by atoms with E-state index >= 15 is 0 Å². The van der Waals surface area contributed by atoms with E-state index in [1.165, 1.54) is 0 Å². The summed E-state index contributed by atoms with van der Waals surface area (Å²) in [5, 5.41) is 0. The summed E-state index contributed by atoms with van der Waals surface area (Å²) in [6, 6.07) is 0.000748. The summed E-state index contributed by atoms with van der Waals surface area (Å²) in [6.07, 6.45) is 0. The SMILES string of the molecule is COCC(C)N=C(NN)N1CCN(C)C(=O)C1. The Bertz CT molecular complexity index is 294. The normalized spacial score (nSPS) is 19.5. The van der Waals surface area contributed by atoms with Crippen LogP contribution >= 0.6 is 0 Å². The lowest BCUT2D eigenvalue weighted by Gasteiger charge is -2.33. The van der Waals surface area contributed by atoms with E-state index < -0.39 is 0 Å². The van der Waals surface area contributed by atoms with Crippen LogP contribution in [0, 0.1) is 0 Å². The van der Waals surface area contributed by atoms with Gasteiger partial charge in [0, 0.05) is 27.2 Å². The fourth-order valence-electron chi connectivity index (χ4n) is 1.64. The molecule has 1 heterocycles. The molecule has 0 spiro atoms. The zero-order chi connectivity index (χ0) is 12.8. The molecule has 3 N–H and O–H groups in total. The summed E-state index contributed by atoms with van der Waals surface area (Å²) in [6.45, 7) is 4.16. The molecule has 1 aliphatic rings. The van der Waals surface area contributed by atoms with Gasteiger partial charge in [-0.1, -0.05) is 0 Å². The van der Waals surface area contributed by atoms with Gasteiger partial charge in [0.15, 0.2) is 0 Å². The molecule has 0 bridgehead atoms. The summed E-state index contributed by atoms with van der Waals surface area (Å²) in [5.41, 5.74) is 2.55. The average molecular weight is 243 g/mol. The van der Waals surface area contributed by atoms with Crippen LogP contribution in [-0.4, -0.2) is 68.1 Å². The van der Waals surface area contributed by atoms with Crippen LogP contribution in [0.4, 0.5) is 0 Å². The van der Waals surface area contributed by atoms with Crippen molar-refractivity contribution >= 4 is 11.9 Å². The minimum Gasteiger partial charge on any atom is -0.382 e. The summed E-state index contributed by atoms with van der Waals surface area (Å²) in [4.78, 5) is 19.5. The molecular weight excluding hydrogens is 222 g/mol. The molecule has 7 nitrogen and oxygen atoms in total. The van der Waals surface area contributed by atoms with Crippen LogP contribution in [0.3, 0.4) is 0 Å². The minimum absolute atomic E-state index is 0.000748. The van der Waals surface area contributed by atoms with Gasteiger partial charge in [-0.15, -0.1) is 0 Å². The molecule has 0 aliphatic carbocycles. The van der Waals surface area contributed by atoms with Gasteiger partial charge in [-0.05, 0) is 6.92 Å². The number of ether oxygens (including phenoxy) is 1. The van der Waals surface area contributed by atoms with Crippen LogP contribution in [0.2, 0.25) is 0 Å². The second-order valence-corrected chi connectivity index (χ2v) is 4.14. The van der Waals surface area contributed by atoms with E-state index in [1.807, 2.05) is 11.8 Å². The second kappa shape index (κ2) is 6.41. The van der Waals surface area contributed by atoms with Gasteiger partial charge in [0.2, 0.25) is 11.9 Å². The number of guanidine groups is 1. The molecule has 0 aromatic heterocycles. The van der Waals surface area contributed by atoms with Crippen LogP contribution in [-0.2, 0) is 9.53 Å². The minimum atomic E-state index is 0.000748. The molecule has 17 heavy (non-hydrogen) atoms. The van der Waals surface area contributed by atoms with Gasteiger partial charge >= 0.3 is 0 Å². The van der Waals surface area contributed by atoms with E-state index in [-0.39, 0.29) is 11.9 Å². The molecule has 0 aromatic carbocycles. The third kappa shape index (κ3) is 3.86. The van der Waals surface area contributed by atoms with Crippen molar-refractivity contribution in [3.8, 4) is 0 Å². The van der Waals surface area contributed by atoms with Crippen molar-refractivity contribution in [2.24, 2.45) is 10.8 Å². The molecule has 1 rings (SSSR count). The highest BCUT2D eigenvalue weighted by atomic mass is 16.5. The number of methoxy groups -OCH3 is 1. The fraction of sp³-hybridized carbons (Fsp3) is 0.800. The first kappa shape index (κ1) is 13.7. The summed E-state index contributed by atoms with van der Waals surface area (Å²) in [5.74, 6) is 6.05. The molecule has 0 radical (unpaired) electrons. The lowest BCUT2D eigenvalue weighted by atomic mass is 10.3. The van der Waals surface area contributed by atoms with Crippen molar-refractivity contribution in [3.05, 3.63) is 0 Å². The third-order valence-electron chi connectivity index (χ3n) is 2.64. The third-order valence-corrected chi connectivity index (χ3v) is 2.64. The first-order chi connectivity index (χ1) is 8.08. The van der Waals surface area contributed by atoms with E-state index in [0.29, 0.717) is 25.7 Å². The zero-order valence-electron chi connectivity index (χ0n) is 10.6. The summed E-state index contributed by atoms with van der Waals surface area (Å²) >= 11 is 0. The Balaban J connectivity index is 2.64. The van der Waals surface area contributed by atoms with Crippen LogP contribution in [0.1, 0.15) is 6.92 Å². The molecule has 1 atom stereocenters. The lowest BCUT2D eigenvalue weighted by molar-refractivity contribution is -0.132. The first-order valence-electron chi connectivity index (χ1n) is 5.60. The molecule has 1 unspecified atom stereocenters. The molecule has 0 aromatic rings. The number of rotatable bonds is 3. The molecule has 1 saturated heterocycles. The molecule has 7 heteroatoms. The van der Waals surface area contributed by atoms with Crippen molar-refractivity contribution in [3.63, 3.8) is 0 Å². The standard InChI is InChI=1S/C10H21N5O2/c1-8(7-17-3)12-10(13-11)15-5-4-14(2)9(16)6-15/h8H,4-7,11H2,1-3H3,(H,12,13). The van der Waals surface area contributed by atoms with Crippen LogP contribution in [0.25, 0.3) is 0 Å². The molecule has 98 valence electrons. The number of carbonyl (C=O) groups excluding carboxylic acids is 1. The largest absolute Gasteiger partial charge is 0.382 e. The van der Waals surface area contributed by atoms with Crippen LogP contribution in [0.15, 0.2) is 4.99 Å². The van der Waals surface area contributed by atoms with Crippen molar-refractivity contribution in [1.29, 1.82) is 0 Å². The molecule has 1 fully saturated rings.